The summed E-state index contributed by atoms with van der Waals surface area (Å²) in [7, 11) is 0. The summed E-state index contributed by atoms with van der Waals surface area (Å²) in [5, 5.41) is 8.83. The molecule has 3 aromatic rings. The van der Waals surface area contributed by atoms with Crippen LogP contribution in [0.4, 0.5) is 0 Å². The van der Waals surface area contributed by atoms with Gasteiger partial charge in [0, 0.05) is 19.5 Å². The van der Waals surface area contributed by atoms with Gasteiger partial charge >= 0.3 is 0 Å². The van der Waals surface area contributed by atoms with Gasteiger partial charge in [-0.2, -0.15) is 0 Å². The topological polar surface area (TPSA) is 85.9 Å². The van der Waals surface area contributed by atoms with Crippen molar-refractivity contribution in [3.05, 3.63) is 52.6 Å². The maximum atomic E-state index is 12.6. The number of aryl methyl sites for hydroxylation is 1. The second-order valence-corrected chi connectivity index (χ2v) is 6.05. The molecule has 1 aromatic carbocycles. The fourth-order valence-electron chi connectivity index (χ4n) is 3.16. The number of rotatable bonds is 3. The van der Waals surface area contributed by atoms with E-state index in [2.05, 4.69) is 19.7 Å². The lowest BCUT2D eigenvalue weighted by atomic mass is 10.2. The van der Waals surface area contributed by atoms with Gasteiger partial charge < -0.3 is 9.47 Å². The van der Waals surface area contributed by atoms with Crippen molar-refractivity contribution >= 4 is 16.8 Å². The lowest BCUT2D eigenvalue weighted by Gasteiger charge is -2.28. The minimum absolute atomic E-state index is 0.0224. The molecule has 0 bridgehead atoms. The molecule has 8 heteroatoms. The van der Waals surface area contributed by atoms with Crippen LogP contribution in [0.3, 0.4) is 0 Å². The molecule has 0 aliphatic carbocycles. The summed E-state index contributed by atoms with van der Waals surface area (Å²) in [6.45, 7) is 3.70. The molecule has 0 radical (unpaired) electrons. The van der Waals surface area contributed by atoms with E-state index < -0.39 is 0 Å². The van der Waals surface area contributed by atoms with Gasteiger partial charge in [-0.25, -0.2) is 4.98 Å². The number of aromatic nitrogens is 5. The minimum atomic E-state index is -0.201. The van der Waals surface area contributed by atoms with Gasteiger partial charge in [0.1, 0.15) is 12.4 Å². The van der Waals surface area contributed by atoms with E-state index in [-0.39, 0.29) is 18.0 Å². The number of carbonyl (C=O) groups is 1. The fourth-order valence-corrected chi connectivity index (χ4v) is 3.16. The Labute approximate surface area is 143 Å². The number of amides is 1. The largest absolute Gasteiger partial charge is 0.332 e. The summed E-state index contributed by atoms with van der Waals surface area (Å²) in [4.78, 5) is 31.1. The Morgan fingerprint density at radius 2 is 2.04 bits per heavy atom. The molecule has 0 N–H and O–H groups in total. The van der Waals surface area contributed by atoms with Gasteiger partial charge in [0.05, 0.1) is 23.8 Å². The van der Waals surface area contributed by atoms with Crippen LogP contribution in [-0.4, -0.2) is 41.7 Å². The molecule has 2 aromatic heterocycles. The Hall–Kier alpha value is -3.03. The van der Waals surface area contributed by atoms with Gasteiger partial charge in [0.15, 0.2) is 5.82 Å². The third-order valence-corrected chi connectivity index (χ3v) is 4.54. The third-order valence-electron chi connectivity index (χ3n) is 4.54. The summed E-state index contributed by atoms with van der Waals surface area (Å²) < 4.78 is 3.43. The second kappa shape index (κ2) is 6.12. The molecule has 8 nitrogen and oxygen atoms in total. The van der Waals surface area contributed by atoms with Crippen molar-refractivity contribution in [2.45, 2.75) is 33.0 Å². The highest BCUT2D eigenvalue weighted by Crippen LogP contribution is 2.13. The zero-order valence-electron chi connectivity index (χ0n) is 13.9. The van der Waals surface area contributed by atoms with E-state index in [1.165, 1.54) is 10.9 Å². The summed E-state index contributed by atoms with van der Waals surface area (Å²) in [6.07, 6.45) is 2.25. The molecular weight excluding hydrogens is 320 g/mol. The number of benzene rings is 1. The zero-order chi connectivity index (χ0) is 17.4. The molecule has 0 saturated carbocycles. The lowest BCUT2D eigenvalue weighted by Crippen LogP contribution is -2.41. The molecule has 1 aliphatic rings. The standard InChI is InChI=1S/C17H18N6O2/c1-2-14-19-20-15-9-21(7-8-23(14)15)16(24)10-22-11-18-13-6-4-3-5-12(13)17(22)25/h3-6,11H,2,7-10H2,1H3. The zero-order valence-corrected chi connectivity index (χ0v) is 13.9. The van der Waals surface area contributed by atoms with E-state index >= 15 is 0 Å². The van der Waals surface area contributed by atoms with E-state index in [1.807, 2.05) is 13.0 Å². The Kier molecular flexibility index (Phi) is 3.79. The maximum Gasteiger partial charge on any atom is 0.261 e. The Morgan fingerprint density at radius 3 is 2.88 bits per heavy atom. The highest BCUT2D eigenvalue weighted by molar-refractivity contribution is 5.79. The SMILES string of the molecule is CCc1nnc2n1CCN(C(=O)Cn1cnc3ccccc3c1=O)C2. The van der Waals surface area contributed by atoms with Crippen LogP contribution in [0.5, 0.6) is 0 Å². The van der Waals surface area contributed by atoms with Crippen LogP contribution in [0.15, 0.2) is 35.4 Å². The first-order chi connectivity index (χ1) is 12.2. The molecular formula is C17H18N6O2. The van der Waals surface area contributed by atoms with Crippen molar-refractivity contribution in [1.29, 1.82) is 0 Å². The first kappa shape index (κ1) is 15.5. The number of fused-ring (bicyclic) bond motifs is 2. The number of para-hydroxylation sites is 1. The molecule has 3 heterocycles. The number of hydrogen-bond donors (Lipinski definition) is 0. The molecule has 0 atom stereocenters. The van der Waals surface area contributed by atoms with E-state index in [0.717, 1.165) is 18.1 Å². The van der Waals surface area contributed by atoms with E-state index in [4.69, 9.17) is 0 Å². The van der Waals surface area contributed by atoms with Crippen LogP contribution >= 0.6 is 0 Å². The monoisotopic (exact) mass is 338 g/mol. The Morgan fingerprint density at radius 1 is 1.20 bits per heavy atom. The molecule has 25 heavy (non-hydrogen) atoms. The summed E-state index contributed by atoms with van der Waals surface area (Å²) in [5.74, 6) is 1.61. The van der Waals surface area contributed by atoms with Crippen molar-refractivity contribution < 1.29 is 4.79 Å². The maximum absolute atomic E-state index is 12.6. The summed E-state index contributed by atoms with van der Waals surface area (Å²) in [5.41, 5.74) is 0.432. The molecule has 128 valence electrons. The second-order valence-electron chi connectivity index (χ2n) is 6.05. The average Bonchev–Trinajstić information content (AvgIpc) is 3.06. The summed E-state index contributed by atoms with van der Waals surface area (Å²) >= 11 is 0. The van der Waals surface area contributed by atoms with Gasteiger partial charge in [-0.3, -0.25) is 14.2 Å². The molecule has 4 rings (SSSR count). The van der Waals surface area contributed by atoms with Crippen LogP contribution < -0.4 is 5.56 Å². The number of hydrogen-bond acceptors (Lipinski definition) is 5. The molecule has 1 amide bonds. The first-order valence-electron chi connectivity index (χ1n) is 8.30. The third kappa shape index (κ3) is 2.69. The Balaban J connectivity index is 1.55. The highest BCUT2D eigenvalue weighted by atomic mass is 16.2. The predicted molar refractivity (Wildman–Crippen MR) is 90.8 cm³/mol. The average molecular weight is 338 g/mol. The van der Waals surface area contributed by atoms with E-state index in [1.54, 1.807) is 23.1 Å². The van der Waals surface area contributed by atoms with Crippen LogP contribution in [0.25, 0.3) is 10.9 Å². The molecule has 0 unspecified atom stereocenters. The molecule has 1 aliphatic heterocycles. The van der Waals surface area contributed by atoms with Gasteiger partial charge in [-0.15, -0.1) is 10.2 Å². The van der Waals surface area contributed by atoms with Crippen LogP contribution in [-0.2, 0) is 30.8 Å². The van der Waals surface area contributed by atoms with E-state index in [0.29, 0.717) is 30.5 Å². The lowest BCUT2D eigenvalue weighted by molar-refractivity contribution is -0.133. The van der Waals surface area contributed by atoms with Gasteiger partial charge in [-0.05, 0) is 12.1 Å². The predicted octanol–water partition coefficient (Wildman–Crippen LogP) is 0.593. The van der Waals surface area contributed by atoms with Crippen molar-refractivity contribution in [1.82, 2.24) is 29.2 Å². The minimum Gasteiger partial charge on any atom is -0.332 e. The van der Waals surface area contributed by atoms with Crippen LogP contribution in [0, 0.1) is 0 Å². The normalized spacial score (nSPS) is 13.9. The first-order valence-corrected chi connectivity index (χ1v) is 8.30. The molecule has 0 fully saturated rings. The number of nitrogens with zero attached hydrogens (tertiary/aromatic N) is 6. The highest BCUT2D eigenvalue weighted by Gasteiger charge is 2.24. The van der Waals surface area contributed by atoms with Crippen molar-refractivity contribution in [2.75, 3.05) is 6.54 Å². The van der Waals surface area contributed by atoms with Crippen LogP contribution in [0.1, 0.15) is 18.6 Å². The fraction of sp³-hybridized carbons (Fsp3) is 0.353. The Bertz CT molecular complexity index is 1010. The van der Waals surface area contributed by atoms with Crippen molar-refractivity contribution in [2.24, 2.45) is 0 Å². The summed E-state index contributed by atoms with van der Waals surface area (Å²) in [6, 6.07) is 7.13. The molecule has 0 spiro atoms. The van der Waals surface area contributed by atoms with Gasteiger partial charge in [0.25, 0.3) is 5.56 Å². The quantitative estimate of drug-likeness (QED) is 0.698. The van der Waals surface area contributed by atoms with Gasteiger partial charge in [-0.1, -0.05) is 19.1 Å². The molecule has 0 saturated heterocycles. The van der Waals surface area contributed by atoms with E-state index in [9.17, 15) is 9.59 Å². The number of carbonyl (C=O) groups excluding carboxylic acids is 1. The van der Waals surface area contributed by atoms with Crippen molar-refractivity contribution in [3.8, 4) is 0 Å². The van der Waals surface area contributed by atoms with Crippen LogP contribution in [0.2, 0.25) is 0 Å². The van der Waals surface area contributed by atoms with Gasteiger partial charge in [0.2, 0.25) is 5.91 Å². The smallest absolute Gasteiger partial charge is 0.261 e. The van der Waals surface area contributed by atoms with Crippen molar-refractivity contribution in [3.63, 3.8) is 0 Å².